The summed E-state index contributed by atoms with van der Waals surface area (Å²) in [5, 5.41) is 0. The lowest BCUT2D eigenvalue weighted by molar-refractivity contribution is 0.795. The van der Waals surface area contributed by atoms with Crippen LogP contribution in [0.15, 0.2) is 24.3 Å². The van der Waals surface area contributed by atoms with E-state index in [0.717, 1.165) is 6.42 Å². The molecule has 1 unspecified atom stereocenters. The fraction of sp³-hybridized carbons (Fsp3) is 0.500. The third-order valence-corrected chi connectivity index (χ3v) is 3.37. The van der Waals surface area contributed by atoms with Crippen LogP contribution < -0.4 is 0 Å². The Morgan fingerprint density at radius 2 is 2.15 bits per heavy atom. The van der Waals surface area contributed by atoms with Gasteiger partial charge in [-0.1, -0.05) is 26.0 Å². The van der Waals surface area contributed by atoms with E-state index >= 15 is 0 Å². The zero-order valence-electron chi connectivity index (χ0n) is 8.71. The molecule has 0 aromatic carbocycles. The Kier molecular flexibility index (Phi) is 4.23. The molecule has 0 amide bonds. The van der Waals surface area contributed by atoms with Crippen molar-refractivity contribution in [2.45, 2.75) is 39.5 Å². The lowest BCUT2D eigenvalue weighted by Gasteiger charge is -2.04. The van der Waals surface area contributed by atoms with Crippen LogP contribution in [0.3, 0.4) is 0 Å². The zero-order valence-corrected chi connectivity index (χ0v) is 9.53. The zero-order chi connectivity index (χ0) is 9.68. The van der Waals surface area contributed by atoms with Crippen LogP contribution in [0, 0.1) is 6.92 Å². The molecule has 0 radical (unpaired) electrons. The number of hydrogen-bond acceptors (Lipinski definition) is 1. The van der Waals surface area contributed by atoms with Gasteiger partial charge < -0.3 is 0 Å². The molecule has 0 aliphatic carbocycles. The number of allylic oxidation sites excluding steroid dienone is 2. The predicted molar refractivity (Wildman–Crippen MR) is 61.5 cm³/mol. The summed E-state index contributed by atoms with van der Waals surface area (Å²) < 4.78 is 0. The molecule has 72 valence electrons. The van der Waals surface area contributed by atoms with Gasteiger partial charge in [0, 0.05) is 9.75 Å². The Morgan fingerprint density at radius 3 is 2.69 bits per heavy atom. The Hall–Kier alpha value is -0.560. The second-order valence-electron chi connectivity index (χ2n) is 3.46. The van der Waals surface area contributed by atoms with Crippen LogP contribution in [-0.4, -0.2) is 0 Å². The van der Waals surface area contributed by atoms with Gasteiger partial charge in [0.15, 0.2) is 0 Å². The lowest BCUT2D eigenvalue weighted by Crippen LogP contribution is -1.86. The summed E-state index contributed by atoms with van der Waals surface area (Å²) in [6.45, 7) is 6.64. The summed E-state index contributed by atoms with van der Waals surface area (Å²) in [5.41, 5.74) is 0. The summed E-state index contributed by atoms with van der Waals surface area (Å²) in [5.74, 6) is 0.682. The second-order valence-corrected chi connectivity index (χ2v) is 4.78. The van der Waals surface area contributed by atoms with Crippen LogP contribution in [0.4, 0.5) is 0 Å². The van der Waals surface area contributed by atoms with Gasteiger partial charge in [-0.3, -0.25) is 0 Å². The third-order valence-electron chi connectivity index (χ3n) is 2.14. The molecule has 0 spiro atoms. The highest BCUT2D eigenvalue weighted by molar-refractivity contribution is 7.12. The number of thiophene rings is 1. The fourth-order valence-electron chi connectivity index (χ4n) is 1.30. The van der Waals surface area contributed by atoms with Crippen LogP contribution >= 0.6 is 11.3 Å². The van der Waals surface area contributed by atoms with E-state index < -0.39 is 0 Å². The maximum atomic E-state index is 2.30. The van der Waals surface area contributed by atoms with E-state index in [-0.39, 0.29) is 0 Å². The van der Waals surface area contributed by atoms with Gasteiger partial charge in [-0.2, -0.15) is 0 Å². The molecule has 1 aromatic rings. The smallest absolute Gasteiger partial charge is 0.00793 e. The Morgan fingerprint density at radius 1 is 1.38 bits per heavy atom. The first-order chi connectivity index (χ1) is 6.24. The van der Waals surface area contributed by atoms with Crippen molar-refractivity contribution in [2.24, 2.45) is 0 Å². The molecular formula is C12H18S. The molecule has 0 N–H and O–H groups in total. The van der Waals surface area contributed by atoms with E-state index in [1.54, 1.807) is 0 Å². The first-order valence-corrected chi connectivity index (χ1v) is 5.77. The molecule has 0 saturated carbocycles. The van der Waals surface area contributed by atoms with Crippen LogP contribution in [-0.2, 0) is 0 Å². The van der Waals surface area contributed by atoms with Gasteiger partial charge in [0.05, 0.1) is 0 Å². The van der Waals surface area contributed by atoms with E-state index in [4.69, 9.17) is 0 Å². The molecule has 1 atom stereocenters. The Labute approximate surface area is 85.3 Å². The van der Waals surface area contributed by atoms with Crippen molar-refractivity contribution in [3.05, 3.63) is 34.0 Å². The summed E-state index contributed by atoms with van der Waals surface area (Å²) in [4.78, 5) is 2.93. The van der Waals surface area contributed by atoms with Gasteiger partial charge in [0.2, 0.25) is 0 Å². The molecule has 1 rings (SSSR count). The molecule has 1 heterocycles. The summed E-state index contributed by atoms with van der Waals surface area (Å²) in [6, 6.07) is 4.46. The first kappa shape index (κ1) is 10.5. The minimum atomic E-state index is 0.682. The van der Waals surface area contributed by atoms with E-state index in [2.05, 4.69) is 45.1 Å². The normalized spacial score (nSPS) is 13.8. The highest BCUT2D eigenvalue weighted by atomic mass is 32.1. The van der Waals surface area contributed by atoms with Gasteiger partial charge in [-0.25, -0.2) is 0 Å². The quantitative estimate of drug-likeness (QED) is 0.618. The van der Waals surface area contributed by atoms with Crippen LogP contribution in [0.1, 0.15) is 42.4 Å². The number of rotatable bonds is 4. The molecule has 0 bridgehead atoms. The van der Waals surface area contributed by atoms with E-state index in [9.17, 15) is 0 Å². The van der Waals surface area contributed by atoms with Crippen LogP contribution in [0.25, 0.3) is 0 Å². The van der Waals surface area contributed by atoms with Crippen LogP contribution in [0.5, 0.6) is 0 Å². The van der Waals surface area contributed by atoms with Gasteiger partial charge in [-0.15, -0.1) is 11.3 Å². The molecule has 0 saturated heterocycles. The minimum Gasteiger partial charge on any atom is -0.145 e. The van der Waals surface area contributed by atoms with Gasteiger partial charge in [0.25, 0.3) is 0 Å². The average Bonchev–Trinajstić information content (AvgIpc) is 2.52. The van der Waals surface area contributed by atoms with Crippen molar-refractivity contribution < 1.29 is 0 Å². The molecule has 13 heavy (non-hydrogen) atoms. The highest BCUT2D eigenvalue weighted by Gasteiger charge is 2.04. The SMILES string of the molecule is CC/C=C\CC(C)c1ccc(C)s1. The highest BCUT2D eigenvalue weighted by Crippen LogP contribution is 2.26. The second kappa shape index (κ2) is 5.23. The largest absolute Gasteiger partial charge is 0.145 e. The topological polar surface area (TPSA) is 0 Å². The number of aryl methyl sites for hydroxylation is 1. The van der Waals surface area contributed by atoms with E-state index in [1.807, 2.05) is 11.3 Å². The molecule has 0 nitrogen and oxygen atoms in total. The molecule has 0 aliphatic heterocycles. The maximum absolute atomic E-state index is 2.30. The first-order valence-electron chi connectivity index (χ1n) is 4.95. The van der Waals surface area contributed by atoms with Gasteiger partial charge in [-0.05, 0) is 37.8 Å². The van der Waals surface area contributed by atoms with Crippen molar-refractivity contribution >= 4 is 11.3 Å². The van der Waals surface area contributed by atoms with E-state index in [0.29, 0.717) is 5.92 Å². The molecule has 0 aliphatic rings. The van der Waals surface area contributed by atoms with Crippen molar-refractivity contribution in [3.63, 3.8) is 0 Å². The molecule has 0 fully saturated rings. The Balaban J connectivity index is 2.48. The molecule has 1 heteroatoms. The monoisotopic (exact) mass is 194 g/mol. The standard InChI is InChI=1S/C12H18S/c1-4-5-6-7-10(2)12-9-8-11(3)13-12/h5-6,8-10H,4,7H2,1-3H3/b6-5-. The Bertz CT molecular complexity index is 270. The maximum Gasteiger partial charge on any atom is 0.00793 e. The third kappa shape index (κ3) is 3.35. The van der Waals surface area contributed by atoms with Crippen molar-refractivity contribution in [3.8, 4) is 0 Å². The summed E-state index contributed by atoms with van der Waals surface area (Å²) >= 11 is 1.92. The van der Waals surface area contributed by atoms with Gasteiger partial charge >= 0.3 is 0 Å². The predicted octanol–water partition coefficient (Wildman–Crippen LogP) is 4.52. The summed E-state index contributed by atoms with van der Waals surface area (Å²) in [6.07, 6.45) is 6.86. The number of hydrogen-bond donors (Lipinski definition) is 0. The molecular weight excluding hydrogens is 176 g/mol. The van der Waals surface area contributed by atoms with Gasteiger partial charge in [0.1, 0.15) is 0 Å². The average molecular weight is 194 g/mol. The van der Waals surface area contributed by atoms with Crippen molar-refractivity contribution in [1.82, 2.24) is 0 Å². The lowest BCUT2D eigenvalue weighted by atomic mass is 10.1. The molecule has 1 aromatic heterocycles. The fourth-order valence-corrected chi connectivity index (χ4v) is 2.24. The van der Waals surface area contributed by atoms with Crippen molar-refractivity contribution in [1.29, 1.82) is 0 Å². The minimum absolute atomic E-state index is 0.682. The van der Waals surface area contributed by atoms with Crippen LogP contribution in [0.2, 0.25) is 0 Å². The van der Waals surface area contributed by atoms with E-state index in [1.165, 1.54) is 16.2 Å². The van der Waals surface area contributed by atoms with Crippen molar-refractivity contribution in [2.75, 3.05) is 0 Å². The summed E-state index contributed by atoms with van der Waals surface area (Å²) in [7, 11) is 0.